The zero-order valence-electron chi connectivity index (χ0n) is 21.3. The van der Waals surface area contributed by atoms with Crippen LogP contribution in [0.15, 0.2) is 97.1 Å². The summed E-state index contributed by atoms with van der Waals surface area (Å²) in [6.07, 6.45) is -4.77. The first-order valence-corrected chi connectivity index (χ1v) is 11.7. The second-order valence-electron chi connectivity index (χ2n) is 8.39. The molecule has 39 heavy (non-hydrogen) atoms. The molecule has 0 amide bonds. The van der Waals surface area contributed by atoms with E-state index in [-0.39, 0.29) is 35.5 Å². The molecule has 0 aliphatic carbocycles. The minimum absolute atomic E-state index is 0.149. The van der Waals surface area contributed by atoms with E-state index in [1.807, 2.05) is 36.4 Å². The number of alkyl halides is 3. The van der Waals surface area contributed by atoms with Crippen molar-refractivity contribution in [1.82, 2.24) is 0 Å². The molecule has 4 rings (SSSR count). The van der Waals surface area contributed by atoms with Gasteiger partial charge in [-0.05, 0) is 36.8 Å². The van der Waals surface area contributed by atoms with Crippen LogP contribution in [0.25, 0.3) is 0 Å². The van der Waals surface area contributed by atoms with E-state index in [1.54, 1.807) is 12.1 Å². The first-order valence-electron chi connectivity index (χ1n) is 11.7. The molecule has 0 saturated carbocycles. The summed E-state index contributed by atoms with van der Waals surface area (Å²) < 4.78 is 68.4. The predicted octanol–water partition coefficient (Wildman–Crippen LogP) is 7.98. The molecule has 0 fully saturated rings. The highest BCUT2D eigenvalue weighted by Crippen LogP contribution is 2.43. The molecule has 0 saturated heterocycles. The summed E-state index contributed by atoms with van der Waals surface area (Å²) >= 11 is 0. The van der Waals surface area contributed by atoms with Gasteiger partial charge in [-0.3, -0.25) is 4.79 Å². The Balaban J connectivity index is 0.000000449. The lowest BCUT2D eigenvalue weighted by atomic mass is 10.1. The van der Waals surface area contributed by atoms with Crippen molar-refractivity contribution in [2.75, 3.05) is 4.90 Å². The Morgan fingerprint density at radius 3 is 1.51 bits per heavy atom. The van der Waals surface area contributed by atoms with Gasteiger partial charge >= 0.3 is 6.18 Å². The molecule has 2 N–H and O–H groups in total. The van der Waals surface area contributed by atoms with Gasteiger partial charge in [0, 0.05) is 31.1 Å². The molecule has 0 aliphatic heterocycles. The average Bonchev–Trinajstić information content (AvgIpc) is 2.88. The van der Waals surface area contributed by atoms with Crippen LogP contribution in [0, 0.1) is 18.6 Å². The third kappa shape index (κ3) is 10.1. The number of aryl methyl sites for hydroxylation is 1. The summed E-state index contributed by atoms with van der Waals surface area (Å²) in [6, 6.07) is 25.8. The first-order chi connectivity index (χ1) is 18.4. The van der Waals surface area contributed by atoms with E-state index in [0.29, 0.717) is 0 Å². The molecule has 4 aromatic rings. The molecule has 0 unspecified atom stereocenters. The van der Waals surface area contributed by atoms with E-state index in [9.17, 15) is 27.1 Å². The van der Waals surface area contributed by atoms with Crippen molar-refractivity contribution in [2.24, 2.45) is 0 Å². The molecule has 0 heterocycles. The van der Waals surface area contributed by atoms with Crippen molar-refractivity contribution in [1.29, 1.82) is 0 Å². The Morgan fingerprint density at radius 1 is 0.769 bits per heavy atom. The van der Waals surface area contributed by atoms with Crippen molar-refractivity contribution < 1.29 is 37.0 Å². The molecule has 9 heteroatoms. The van der Waals surface area contributed by atoms with Crippen molar-refractivity contribution in [3.63, 3.8) is 0 Å². The molecule has 4 nitrogen and oxygen atoms in total. The molecule has 0 aliphatic rings. The highest BCUT2D eigenvalue weighted by molar-refractivity contribution is 5.64. The van der Waals surface area contributed by atoms with Gasteiger partial charge in [0.2, 0.25) is 0 Å². The van der Waals surface area contributed by atoms with E-state index < -0.39 is 35.1 Å². The van der Waals surface area contributed by atoms with Gasteiger partial charge in [-0.25, -0.2) is 8.78 Å². The highest BCUT2D eigenvalue weighted by Gasteiger charge is 2.36. The SMILES string of the molecule is CC(=O)O.Cc1cc(N(Cc2ccccc2F)Cc2ccccc2F)c(O)c(C(F)(F)F)c1.c1ccccc1. The van der Waals surface area contributed by atoms with Gasteiger partial charge in [-0.2, -0.15) is 13.2 Å². The monoisotopic (exact) mass is 545 g/mol. The van der Waals surface area contributed by atoms with Crippen LogP contribution < -0.4 is 4.90 Å². The number of halogens is 5. The Morgan fingerprint density at radius 2 is 1.15 bits per heavy atom. The molecular formula is C30H28F5NO3. The van der Waals surface area contributed by atoms with Crippen molar-refractivity contribution in [3.8, 4) is 5.75 Å². The van der Waals surface area contributed by atoms with E-state index in [2.05, 4.69) is 0 Å². The number of anilines is 1. The lowest BCUT2D eigenvalue weighted by Crippen LogP contribution is -2.24. The average molecular weight is 546 g/mol. The third-order valence-corrected chi connectivity index (χ3v) is 5.18. The first kappa shape index (κ1) is 30.8. The number of rotatable bonds is 5. The minimum Gasteiger partial charge on any atom is -0.505 e. The summed E-state index contributed by atoms with van der Waals surface area (Å²) in [4.78, 5) is 10.3. The smallest absolute Gasteiger partial charge is 0.420 e. The number of hydrogen-bond donors (Lipinski definition) is 2. The number of aromatic hydroxyl groups is 1. The number of hydrogen-bond acceptors (Lipinski definition) is 3. The second-order valence-corrected chi connectivity index (χ2v) is 8.39. The topological polar surface area (TPSA) is 60.8 Å². The summed E-state index contributed by atoms with van der Waals surface area (Å²) in [5, 5.41) is 17.8. The van der Waals surface area contributed by atoms with Crippen LogP contribution in [0.2, 0.25) is 0 Å². The number of aliphatic carboxylic acids is 1. The summed E-state index contributed by atoms with van der Waals surface area (Å²) in [6.45, 7) is 2.23. The molecule has 4 aromatic carbocycles. The number of carboxylic acids is 1. The fraction of sp³-hybridized carbons (Fsp3) is 0.167. The second kappa shape index (κ2) is 14.5. The predicted molar refractivity (Wildman–Crippen MR) is 140 cm³/mol. The molecule has 0 radical (unpaired) electrons. The molecule has 0 atom stereocenters. The van der Waals surface area contributed by atoms with Crippen LogP contribution in [-0.4, -0.2) is 16.2 Å². The Kier molecular flexibility index (Phi) is 11.5. The Bertz CT molecular complexity index is 1270. The number of carbonyl (C=O) groups is 1. The molecule has 206 valence electrons. The number of nitrogens with zero attached hydrogens (tertiary/aromatic N) is 1. The third-order valence-electron chi connectivity index (χ3n) is 5.18. The number of phenols is 1. The maximum absolute atomic E-state index is 14.2. The van der Waals surface area contributed by atoms with Gasteiger partial charge in [0.1, 0.15) is 11.6 Å². The lowest BCUT2D eigenvalue weighted by molar-refractivity contribution is -0.139. The fourth-order valence-electron chi connectivity index (χ4n) is 3.49. The zero-order valence-corrected chi connectivity index (χ0v) is 21.3. The van der Waals surface area contributed by atoms with Gasteiger partial charge in [0.15, 0.2) is 5.75 Å². The Hall–Kier alpha value is -4.40. The fourth-order valence-corrected chi connectivity index (χ4v) is 3.49. The molecule has 0 aromatic heterocycles. The van der Waals surface area contributed by atoms with Crippen molar-refractivity contribution in [3.05, 3.63) is 131 Å². The van der Waals surface area contributed by atoms with Crippen LogP contribution >= 0.6 is 0 Å². The standard InChI is InChI=1S/C22H18F5NO.C6H6.C2H4O2/c1-14-10-17(22(25,26)27)21(29)20(11-14)28(12-15-6-2-4-8-18(15)23)13-16-7-3-5-9-19(16)24;1-2-4-6-5-3-1;1-2(3)4/h2-11,29H,12-13H2,1H3;1-6H;1H3,(H,3,4). The van der Waals surface area contributed by atoms with Crippen LogP contribution in [0.5, 0.6) is 5.75 Å². The van der Waals surface area contributed by atoms with E-state index in [4.69, 9.17) is 9.90 Å². The summed E-state index contributed by atoms with van der Waals surface area (Å²) in [5.74, 6) is -2.90. The summed E-state index contributed by atoms with van der Waals surface area (Å²) in [5.41, 5.74) is -0.669. The molecular weight excluding hydrogens is 517 g/mol. The van der Waals surface area contributed by atoms with Gasteiger partial charge in [-0.15, -0.1) is 0 Å². The maximum Gasteiger partial charge on any atom is 0.420 e. The lowest BCUT2D eigenvalue weighted by Gasteiger charge is -2.28. The van der Waals surface area contributed by atoms with Crippen molar-refractivity contribution in [2.45, 2.75) is 33.1 Å². The van der Waals surface area contributed by atoms with Crippen LogP contribution in [0.4, 0.5) is 27.6 Å². The quantitative estimate of drug-likeness (QED) is 0.250. The number of benzene rings is 4. The minimum atomic E-state index is -4.77. The molecule has 0 spiro atoms. The van der Waals surface area contributed by atoms with E-state index >= 15 is 0 Å². The molecule has 0 bridgehead atoms. The van der Waals surface area contributed by atoms with Gasteiger partial charge < -0.3 is 15.1 Å². The van der Waals surface area contributed by atoms with E-state index in [0.717, 1.165) is 13.0 Å². The van der Waals surface area contributed by atoms with Gasteiger partial charge in [-0.1, -0.05) is 72.8 Å². The Labute approximate surface area is 223 Å². The number of carboxylic acid groups (broad SMARTS) is 1. The van der Waals surface area contributed by atoms with Crippen LogP contribution in [0.1, 0.15) is 29.2 Å². The number of phenolic OH excluding ortho intramolecular Hbond substituents is 1. The highest BCUT2D eigenvalue weighted by atomic mass is 19.4. The van der Waals surface area contributed by atoms with Gasteiger partial charge in [0.05, 0.1) is 11.3 Å². The van der Waals surface area contributed by atoms with Crippen LogP contribution in [-0.2, 0) is 24.1 Å². The van der Waals surface area contributed by atoms with Gasteiger partial charge in [0.25, 0.3) is 5.97 Å². The van der Waals surface area contributed by atoms with E-state index in [1.165, 1.54) is 54.3 Å². The summed E-state index contributed by atoms with van der Waals surface area (Å²) in [7, 11) is 0. The normalized spacial score (nSPS) is 10.4. The van der Waals surface area contributed by atoms with Crippen molar-refractivity contribution >= 4 is 11.7 Å². The maximum atomic E-state index is 14.2. The van der Waals surface area contributed by atoms with Crippen LogP contribution in [0.3, 0.4) is 0 Å². The zero-order chi connectivity index (χ0) is 29.0. The largest absolute Gasteiger partial charge is 0.505 e.